The van der Waals surface area contributed by atoms with E-state index in [0.29, 0.717) is 37.1 Å². The highest BCUT2D eigenvalue weighted by Gasteiger charge is 2.33. The van der Waals surface area contributed by atoms with Gasteiger partial charge in [0.1, 0.15) is 0 Å². The number of benzene rings is 3. The third kappa shape index (κ3) is 6.03. The lowest BCUT2D eigenvalue weighted by molar-refractivity contribution is -0.118. The molecule has 1 aliphatic heterocycles. The summed E-state index contributed by atoms with van der Waals surface area (Å²) >= 11 is 12.6. The number of nitrogens with zero attached hydrogens (tertiary/aromatic N) is 1. The number of ether oxygens (including phenoxy) is 2. The Bertz CT molecular complexity index is 1310. The van der Waals surface area contributed by atoms with E-state index in [1.807, 2.05) is 31.2 Å². The van der Waals surface area contributed by atoms with E-state index in [9.17, 15) is 9.59 Å². The van der Waals surface area contributed by atoms with E-state index < -0.39 is 0 Å². The van der Waals surface area contributed by atoms with Crippen molar-refractivity contribution in [3.63, 3.8) is 0 Å². The lowest BCUT2D eigenvalue weighted by Crippen LogP contribution is -2.27. The van der Waals surface area contributed by atoms with Crippen molar-refractivity contribution in [3.05, 3.63) is 87.8 Å². The molecule has 0 spiro atoms. The van der Waals surface area contributed by atoms with Gasteiger partial charge in [-0.05, 0) is 67.1 Å². The lowest BCUT2D eigenvalue weighted by Gasteiger charge is -2.14. The quantitative estimate of drug-likeness (QED) is 0.298. The molecule has 1 N–H and O–H groups in total. The minimum atomic E-state index is -0.286. The van der Waals surface area contributed by atoms with Crippen LogP contribution in [-0.2, 0) is 9.59 Å². The molecule has 2 amide bonds. The molecule has 3 aromatic rings. The molecule has 35 heavy (non-hydrogen) atoms. The van der Waals surface area contributed by atoms with E-state index in [-0.39, 0.29) is 18.4 Å². The van der Waals surface area contributed by atoms with Gasteiger partial charge in [-0.25, -0.2) is 0 Å². The molecule has 0 bridgehead atoms. The third-order valence-corrected chi connectivity index (χ3v) is 6.61. The number of thiocarbonyl (C=S) groups is 1. The first-order valence-electron chi connectivity index (χ1n) is 10.5. The largest absolute Gasteiger partial charge is 0.493 e. The lowest BCUT2D eigenvalue weighted by atomic mass is 10.2. The third-order valence-electron chi connectivity index (χ3n) is 5.06. The van der Waals surface area contributed by atoms with Gasteiger partial charge in [-0.1, -0.05) is 59.3 Å². The molecular formula is C26H21ClN2O4S2. The molecule has 0 unspecified atom stereocenters. The van der Waals surface area contributed by atoms with Crippen molar-refractivity contribution in [3.8, 4) is 11.5 Å². The van der Waals surface area contributed by atoms with Crippen LogP contribution in [0.15, 0.2) is 71.6 Å². The Morgan fingerprint density at radius 2 is 1.80 bits per heavy atom. The van der Waals surface area contributed by atoms with Gasteiger partial charge in [0.05, 0.1) is 17.7 Å². The molecule has 4 rings (SSSR count). The maximum atomic E-state index is 13.0. The number of carbonyl (C=O) groups is 2. The molecule has 0 aromatic heterocycles. The average Bonchev–Trinajstić information content (AvgIpc) is 3.12. The van der Waals surface area contributed by atoms with E-state index in [1.165, 1.54) is 23.8 Å². The van der Waals surface area contributed by atoms with E-state index in [0.717, 1.165) is 11.1 Å². The van der Waals surface area contributed by atoms with Crippen LogP contribution >= 0.6 is 35.6 Å². The van der Waals surface area contributed by atoms with Gasteiger partial charge in [-0.15, -0.1) is 0 Å². The number of thioether (sulfide) groups is 1. The van der Waals surface area contributed by atoms with Crippen molar-refractivity contribution in [2.24, 2.45) is 0 Å². The predicted molar refractivity (Wildman–Crippen MR) is 145 cm³/mol. The number of carbonyl (C=O) groups excluding carboxylic acids is 2. The van der Waals surface area contributed by atoms with Gasteiger partial charge in [-0.2, -0.15) is 0 Å². The SMILES string of the molecule is COc1cc(/C=C2\SC(=S)N(c3ccc(Cl)cc3)C2=O)ccc1OCC(=O)Nc1ccc(C)cc1. The summed E-state index contributed by atoms with van der Waals surface area (Å²) in [5.74, 6) is 0.354. The molecule has 1 heterocycles. The summed E-state index contributed by atoms with van der Waals surface area (Å²) in [7, 11) is 1.51. The fraction of sp³-hybridized carbons (Fsp3) is 0.115. The molecule has 0 aliphatic carbocycles. The molecular weight excluding hydrogens is 504 g/mol. The van der Waals surface area contributed by atoms with Crippen LogP contribution in [0.5, 0.6) is 11.5 Å². The summed E-state index contributed by atoms with van der Waals surface area (Å²) < 4.78 is 11.5. The Kier molecular flexibility index (Phi) is 7.75. The normalized spacial score (nSPS) is 14.4. The average molecular weight is 525 g/mol. The van der Waals surface area contributed by atoms with Gasteiger partial charge >= 0.3 is 0 Å². The van der Waals surface area contributed by atoms with Crippen LogP contribution in [0.25, 0.3) is 6.08 Å². The molecule has 3 aromatic carbocycles. The van der Waals surface area contributed by atoms with Gasteiger partial charge < -0.3 is 14.8 Å². The second-order valence-electron chi connectivity index (χ2n) is 7.61. The fourth-order valence-corrected chi connectivity index (χ4v) is 4.73. The predicted octanol–water partition coefficient (Wildman–Crippen LogP) is 6.08. The summed E-state index contributed by atoms with van der Waals surface area (Å²) in [4.78, 5) is 27.2. The van der Waals surface area contributed by atoms with Crippen molar-refractivity contribution < 1.29 is 19.1 Å². The summed E-state index contributed by atoms with van der Waals surface area (Å²) in [6.45, 7) is 1.80. The van der Waals surface area contributed by atoms with Crippen LogP contribution in [0, 0.1) is 6.92 Å². The maximum Gasteiger partial charge on any atom is 0.270 e. The number of rotatable bonds is 7. The summed E-state index contributed by atoms with van der Waals surface area (Å²) in [5, 5.41) is 3.37. The number of halogens is 1. The Morgan fingerprint density at radius 1 is 1.09 bits per heavy atom. The van der Waals surface area contributed by atoms with Crippen LogP contribution in [0.2, 0.25) is 5.02 Å². The minimum Gasteiger partial charge on any atom is -0.493 e. The Balaban J connectivity index is 1.44. The Morgan fingerprint density at radius 3 is 2.49 bits per heavy atom. The van der Waals surface area contributed by atoms with Gasteiger partial charge in [0.15, 0.2) is 22.4 Å². The standard InChI is InChI=1S/C26H21ClN2O4S2/c1-16-3-8-19(9-4-16)28-24(30)15-33-21-12-5-17(13-22(21)32-2)14-23-25(31)29(26(34)35-23)20-10-6-18(27)7-11-20/h3-14H,15H2,1-2H3,(H,28,30)/b23-14-. The molecule has 1 fully saturated rings. The number of nitrogens with one attached hydrogen (secondary N) is 1. The molecule has 1 saturated heterocycles. The van der Waals surface area contributed by atoms with Crippen LogP contribution in [0.4, 0.5) is 11.4 Å². The number of aryl methyl sites for hydroxylation is 1. The van der Waals surface area contributed by atoms with Gasteiger partial charge in [0.2, 0.25) is 0 Å². The smallest absolute Gasteiger partial charge is 0.270 e. The van der Waals surface area contributed by atoms with E-state index >= 15 is 0 Å². The highest BCUT2D eigenvalue weighted by molar-refractivity contribution is 8.27. The van der Waals surface area contributed by atoms with E-state index in [1.54, 1.807) is 48.5 Å². The van der Waals surface area contributed by atoms with Crippen LogP contribution in [0.3, 0.4) is 0 Å². The molecule has 178 valence electrons. The molecule has 6 nitrogen and oxygen atoms in total. The van der Waals surface area contributed by atoms with Crippen molar-refractivity contribution >= 4 is 69.2 Å². The fourth-order valence-electron chi connectivity index (χ4n) is 3.30. The first-order valence-corrected chi connectivity index (χ1v) is 12.1. The van der Waals surface area contributed by atoms with E-state index in [2.05, 4.69) is 5.32 Å². The van der Waals surface area contributed by atoms with E-state index in [4.69, 9.17) is 33.3 Å². The van der Waals surface area contributed by atoms with Crippen LogP contribution in [0.1, 0.15) is 11.1 Å². The van der Waals surface area contributed by atoms with Crippen LogP contribution in [-0.4, -0.2) is 29.9 Å². The molecule has 1 aliphatic rings. The summed E-state index contributed by atoms with van der Waals surface area (Å²) in [6.07, 6.45) is 1.74. The number of amides is 2. The monoisotopic (exact) mass is 524 g/mol. The number of anilines is 2. The van der Waals surface area contributed by atoms with Gasteiger partial charge in [0, 0.05) is 10.7 Å². The van der Waals surface area contributed by atoms with Crippen molar-refractivity contribution in [1.29, 1.82) is 0 Å². The molecule has 9 heteroatoms. The topological polar surface area (TPSA) is 67.9 Å². The second-order valence-corrected chi connectivity index (χ2v) is 9.72. The maximum absolute atomic E-state index is 13.0. The first-order chi connectivity index (χ1) is 16.8. The summed E-state index contributed by atoms with van der Waals surface area (Å²) in [5.41, 5.74) is 3.19. The van der Waals surface area contributed by atoms with Crippen molar-refractivity contribution in [2.45, 2.75) is 6.92 Å². The highest BCUT2D eigenvalue weighted by atomic mass is 35.5. The van der Waals surface area contributed by atoms with Gasteiger partial charge in [-0.3, -0.25) is 14.5 Å². The first kappa shape index (κ1) is 24.8. The zero-order chi connectivity index (χ0) is 24.9. The molecule has 0 saturated carbocycles. The van der Waals surface area contributed by atoms with Gasteiger partial charge in [0.25, 0.3) is 11.8 Å². The van der Waals surface area contributed by atoms with Crippen molar-refractivity contribution in [2.75, 3.05) is 23.9 Å². The van der Waals surface area contributed by atoms with Crippen molar-refractivity contribution in [1.82, 2.24) is 0 Å². The highest BCUT2D eigenvalue weighted by Crippen LogP contribution is 2.37. The van der Waals surface area contributed by atoms with Crippen LogP contribution < -0.4 is 19.7 Å². The summed E-state index contributed by atoms with van der Waals surface area (Å²) in [6, 6.07) is 19.6. The second kappa shape index (κ2) is 10.9. The zero-order valence-electron chi connectivity index (χ0n) is 18.9. The number of hydrogen-bond acceptors (Lipinski definition) is 6. The molecule has 0 atom stereocenters. The number of methoxy groups -OCH3 is 1. The minimum absolute atomic E-state index is 0.177. The zero-order valence-corrected chi connectivity index (χ0v) is 21.3. The Hall–Kier alpha value is -3.33. The number of hydrogen-bond donors (Lipinski definition) is 1. The molecule has 0 radical (unpaired) electrons. The Labute approximate surface area is 217 Å².